The van der Waals surface area contributed by atoms with E-state index < -0.39 is 4.92 Å². The van der Waals surface area contributed by atoms with E-state index in [4.69, 9.17) is 4.74 Å². The largest absolute Gasteiger partial charge is 0.358 e. The van der Waals surface area contributed by atoms with Crippen molar-refractivity contribution >= 4 is 5.82 Å². The van der Waals surface area contributed by atoms with Crippen molar-refractivity contribution in [1.29, 1.82) is 0 Å². The van der Waals surface area contributed by atoms with E-state index in [2.05, 4.69) is 5.10 Å². The summed E-state index contributed by atoms with van der Waals surface area (Å²) in [7, 11) is 0. The van der Waals surface area contributed by atoms with Gasteiger partial charge in [-0.15, -0.1) is 4.68 Å². The predicted molar refractivity (Wildman–Crippen MR) is 47.7 cm³/mol. The van der Waals surface area contributed by atoms with Gasteiger partial charge in [0, 0.05) is 6.42 Å². The molecule has 1 aromatic heterocycles. The van der Waals surface area contributed by atoms with Crippen molar-refractivity contribution in [3.05, 3.63) is 22.4 Å². The number of hydrogen-bond acceptors (Lipinski definition) is 4. The third-order valence-electron chi connectivity index (χ3n) is 2.26. The summed E-state index contributed by atoms with van der Waals surface area (Å²) in [6.07, 6.45) is 4.01. The van der Waals surface area contributed by atoms with E-state index in [9.17, 15) is 10.1 Å². The monoisotopic (exact) mass is 197 g/mol. The molecule has 0 amide bonds. The maximum absolute atomic E-state index is 10.6. The van der Waals surface area contributed by atoms with Gasteiger partial charge in [-0.3, -0.25) is 0 Å². The van der Waals surface area contributed by atoms with Crippen LogP contribution in [-0.4, -0.2) is 21.3 Å². The first-order valence-electron chi connectivity index (χ1n) is 4.58. The highest BCUT2D eigenvalue weighted by Gasteiger charge is 2.26. The van der Waals surface area contributed by atoms with Crippen LogP contribution in [-0.2, 0) is 4.74 Å². The average molecular weight is 197 g/mol. The molecule has 1 fully saturated rings. The maximum atomic E-state index is 10.6. The number of hydrogen-bond donors (Lipinski definition) is 0. The molecule has 2 rings (SSSR count). The normalized spacial score (nSPS) is 22.1. The standard InChI is InChI=1S/C8H11N3O3/c12-11(13)7-4-5-9-10(7)8-3-1-2-6-14-8/h4-5,8H,1-3,6H2. The van der Waals surface area contributed by atoms with Gasteiger partial charge in [0.1, 0.15) is 0 Å². The zero-order chi connectivity index (χ0) is 9.97. The molecule has 0 saturated carbocycles. The van der Waals surface area contributed by atoms with Crippen molar-refractivity contribution in [3.63, 3.8) is 0 Å². The minimum atomic E-state index is -0.440. The fraction of sp³-hybridized carbons (Fsp3) is 0.625. The Morgan fingerprint density at radius 3 is 3.14 bits per heavy atom. The van der Waals surface area contributed by atoms with Crippen molar-refractivity contribution in [2.75, 3.05) is 6.61 Å². The molecule has 6 heteroatoms. The summed E-state index contributed by atoms with van der Waals surface area (Å²) in [5.74, 6) is -0.00287. The summed E-state index contributed by atoms with van der Waals surface area (Å²) in [5.41, 5.74) is 0. The van der Waals surface area contributed by atoms with Gasteiger partial charge in [0.05, 0.1) is 18.9 Å². The van der Waals surface area contributed by atoms with Crippen molar-refractivity contribution in [3.8, 4) is 0 Å². The zero-order valence-electron chi connectivity index (χ0n) is 7.63. The van der Waals surface area contributed by atoms with Gasteiger partial charge in [-0.25, -0.2) is 0 Å². The zero-order valence-corrected chi connectivity index (χ0v) is 7.63. The first-order chi connectivity index (χ1) is 6.79. The molecule has 0 radical (unpaired) electrons. The molecule has 76 valence electrons. The molecule has 1 saturated heterocycles. The van der Waals surface area contributed by atoms with E-state index in [1.54, 1.807) is 0 Å². The van der Waals surface area contributed by atoms with Gasteiger partial charge in [-0.2, -0.15) is 0 Å². The van der Waals surface area contributed by atoms with E-state index >= 15 is 0 Å². The average Bonchev–Trinajstić information content (AvgIpc) is 2.67. The molecule has 1 aliphatic rings. The molecular weight excluding hydrogens is 186 g/mol. The van der Waals surface area contributed by atoms with Gasteiger partial charge in [-0.1, -0.05) is 5.10 Å². The molecular formula is C8H11N3O3. The van der Waals surface area contributed by atoms with Gasteiger partial charge >= 0.3 is 5.82 Å². The molecule has 2 heterocycles. The summed E-state index contributed by atoms with van der Waals surface area (Å²) < 4.78 is 6.76. The first kappa shape index (κ1) is 9.14. The molecule has 1 unspecified atom stereocenters. The highest BCUT2D eigenvalue weighted by molar-refractivity contribution is 5.16. The molecule has 1 aromatic rings. The minimum Gasteiger partial charge on any atom is -0.358 e. The summed E-state index contributed by atoms with van der Waals surface area (Å²) in [4.78, 5) is 10.2. The number of nitro groups is 1. The van der Waals surface area contributed by atoms with E-state index in [-0.39, 0.29) is 12.0 Å². The molecule has 0 aliphatic carbocycles. The van der Waals surface area contributed by atoms with Crippen LogP contribution < -0.4 is 0 Å². The Kier molecular flexibility index (Phi) is 2.45. The topological polar surface area (TPSA) is 70.2 Å². The molecule has 0 spiro atoms. The second-order valence-electron chi connectivity index (χ2n) is 3.21. The Hall–Kier alpha value is -1.43. The molecule has 0 aromatic carbocycles. The van der Waals surface area contributed by atoms with Crippen LogP contribution in [0.4, 0.5) is 5.82 Å². The number of nitrogens with zero attached hydrogens (tertiary/aromatic N) is 3. The van der Waals surface area contributed by atoms with Crippen LogP contribution in [0.2, 0.25) is 0 Å². The highest BCUT2D eigenvalue weighted by atomic mass is 16.6. The summed E-state index contributed by atoms with van der Waals surface area (Å²) in [5, 5.41) is 14.5. The molecule has 6 nitrogen and oxygen atoms in total. The molecule has 14 heavy (non-hydrogen) atoms. The summed E-state index contributed by atoms with van der Waals surface area (Å²) in [6.45, 7) is 0.654. The van der Waals surface area contributed by atoms with E-state index in [1.807, 2.05) is 0 Å². The van der Waals surface area contributed by atoms with Crippen molar-refractivity contribution in [1.82, 2.24) is 9.78 Å². The van der Waals surface area contributed by atoms with Crippen LogP contribution >= 0.6 is 0 Å². The smallest absolute Gasteiger partial charge is 0.347 e. The molecule has 0 bridgehead atoms. The van der Waals surface area contributed by atoms with Crippen LogP contribution in [0.3, 0.4) is 0 Å². The Morgan fingerprint density at radius 2 is 2.50 bits per heavy atom. The second kappa shape index (κ2) is 3.75. The fourth-order valence-electron chi connectivity index (χ4n) is 1.59. The first-order valence-corrected chi connectivity index (χ1v) is 4.58. The predicted octanol–water partition coefficient (Wildman–Crippen LogP) is 1.49. The van der Waals surface area contributed by atoms with Crippen LogP contribution in [0, 0.1) is 10.1 Å². The lowest BCUT2D eigenvalue weighted by atomic mass is 10.2. The van der Waals surface area contributed by atoms with Gasteiger partial charge in [0.2, 0.25) is 6.23 Å². The second-order valence-corrected chi connectivity index (χ2v) is 3.21. The Bertz CT molecular complexity index is 330. The van der Waals surface area contributed by atoms with E-state index in [1.165, 1.54) is 16.9 Å². The molecule has 0 N–H and O–H groups in total. The Labute approximate surface area is 80.6 Å². The molecule has 1 atom stereocenters. The third kappa shape index (κ3) is 1.60. The third-order valence-corrected chi connectivity index (χ3v) is 2.26. The lowest BCUT2D eigenvalue weighted by Gasteiger charge is -2.19. The summed E-state index contributed by atoms with van der Waals surface area (Å²) >= 11 is 0. The fourth-order valence-corrected chi connectivity index (χ4v) is 1.59. The quantitative estimate of drug-likeness (QED) is 0.532. The summed E-state index contributed by atoms with van der Waals surface area (Å²) in [6, 6.07) is 1.39. The van der Waals surface area contributed by atoms with Gasteiger partial charge < -0.3 is 14.9 Å². The SMILES string of the molecule is O=[N+]([O-])c1ccnn1C1CCCCO1. The van der Waals surface area contributed by atoms with Crippen LogP contribution in [0.5, 0.6) is 0 Å². The van der Waals surface area contributed by atoms with E-state index in [0.29, 0.717) is 6.61 Å². The number of rotatable bonds is 2. The Balaban J connectivity index is 2.21. The lowest BCUT2D eigenvalue weighted by Crippen LogP contribution is -2.20. The van der Waals surface area contributed by atoms with E-state index in [0.717, 1.165) is 19.3 Å². The minimum absolute atomic E-state index is 0.00287. The number of aromatic nitrogens is 2. The van der Waals surface area contributed by atoms with Crippen molar-refractivity contribution < 1.29 is 9.66 Å². The van der Waals surface area contributed by atoms with Gasteiger partial charge in [0.15, 0.2) is 0 Å². The van der Waals surface area contributed by atoms with Gasteiger partial charge in [-0.05, 0) is 17.8 Å². The highest BCUT2D eigenvalue weighted by Crippen LogP contribution is 2.25. The maximum Gasteiger partial charge on any atom is 0.347 e. The van der Waals surface area contributed by atoms with Crippen LogP contribution in [0.15, 0.2) is 12.3 Å². The molecule has 1 aliphatic heterocycles. The Morgan fingerprint density at radius 1 is 1.64 bits per heavy atom. The van der Waals surface area contributed by atoms with Crippen molar-refractivity contribution in [2.24, 2.45) is 0 Å². The van der Waals surface area contributed by atoms with Crippen molar-refractivity contribution in [2.45, 2.75) is 25.5 Å². The number of ether oxygens (including phenoxy) is 1. The van der Waals surface area contributed by atoms with Crippen LogP contribution in [0.1, 0.15) is 25.5 Å². The van der Waals surface area contributed by atoms with Gasteiger partial charge in [0.25, 0.3) is 0 Å². The van der Waals surface area contributed by atoms with Crippen LogP contribution in [0.25, 0.3) is 0 Å². The lowest BCUT2D eigenvalue weighted by molar-refractivity contribution is -0.394.